The Bertz CT molecular complexity index is 1460. The minimum atomic E-state index is -0.550. The molecule has 1 amide bonds. The number of hydrogen-bond acceptors (Lipinski definition) is 5. The highest BCUT2D eigenvalue weighted by Crippen LogP contribution is 2.29. The molecule has 0 saturated heterocycles. The van der Waals surface area contributed by atoms with Gasteiger partial charge in [-0.15, -0.1) is 11.3 Å². The number of nitrogens with one attached hydrogen (secondary N) is 1. The van der Waals surface area contributed by atoms with Crippen molar-refractivity contribution in [2.45, 2.75) is 0 Å². The number of thiazole rings is 1. The van der Waals surface area contributed by atoms with Crippen LogP contribution in [0.1, 0.15) is 10.4 Å². The number of hydrogen-bond donors (Lipinski definition) is 1. The Hall–Kier alpha value is -4.23. The van der Waals surface area contributed by atoms with E-state index in [0.29, 0.717) is 27.8 Å². The van der Waals surface area contributed by atoms with E-state index in [0.717, 1.165) is 5.56 Å². The van der Waals surface area contributed by atoms with Crippen LogP contribution in [0.15, 0.2) is 101 Å². The van der Waals surface area contributed by atoms with Crippen molar-refractivity contribution in [2.75, 3.05) is 5.32 Å². The molecule has 0 bridgehead atoms. The summed E-state index contributed by atoms with van der Waals surface area (Å²) in [5, 5.41) is 4.65. The van der Waals surface area contributed by atoms with Crippen molar-refractivity contribution in [1.82, 2.24) is 9.38 Å². The number of aromatic nitrogens is 2. The van der Waals surface area contributed by atoms with E-state index in [-0.39, 0.29) is 5.56 Å². The SMILES string of the molecule is O=C(Nc1ccccc1Oc1ccccc1)c1cnc2scc(-c3ccccc3)n2c1=O. The summed E-state index contributed by atoms with van der Waals surface area (Å²) in [4.78, 5) is 31.1. The summed E-state index contributed by atoms with van der Waals surface area (Å²) in [6.07, 6.45) is 1.32. The van der Waals surface area contributed by atoms with Crippen LogP contribution in [0, 0.1) is 0 Å². The minimum absolute atomic E-state index is 0.0485. The lowest BCUT2D eigenvalue weighted by atomic mass is 10.2. The van der Waals surface area contributed by atoms with Crippen molar-refractivity contribution in [3.63, 3.8) is 0 Å². The zero-order valence-electron chi connectivity index (χ0n) is 16.8. The Balaban J connectivity index is 1.49. The van der Waals surface area contributed by atoms with Gasteiger partial charge >= 0.3 is 0 Å². The molecule has 5 rings (SSSR count). The molecule has 0 aliphatic carbocycles. The van der Waals surface area contributed by atoms with E-state index in [4.69, 9.17) is 4.74 Å². The summed E-state index contributed by atoms with van der Waals surface area (Å²) in [5.74, 6) is 0.566. The second kappa shape index (κ2) is 8.49. The Labute approximate surface area is 187 Å². The highest BCUT2D eigenvalue weighted by Gasteiger charge is 2.18. The largest absolute Gasteiger partial charge is 0.455 e. The number of amides is 1. The number of ether oxygens (including phenoxy) is 1. The molecule has 0 saturated carbocycles. The van der Waals surface area contributed by atoms with Crippen LogP contribution in [0.3, 0.4) is 0 Å². The van der Waals surface area contributed by atoms with Crippen LogP contribution < -0.4 is 15.6 Å². The number of carbonyl (C=O) groups is 1. The molecule has 0 aliphatic heterocycles. The molecule has 0 radical (unpaired) electrons. The van der Waals surface area contributed by atoms with Crippen molar-refractivity contribution in [3.8, 4) is 22.8 Å². The first-order valence-corrected chi connectivity index (χ1v) is 10.8. The van der Waals surface area contributed by atoms with Gasteiger partial charge in [-0.2, -0.15) is 0 Å². The smallest absolute Gasteiger partial charge is 0.271 e. The van der Waals surface area contributed by atoms with Gasteiger partial charge < -0.3 is 10.1 Å². The van der Waals surface area contributed by atoms with Gasteiger partial charge in [-0.25, -0.2) is 4.98 Å². The zero-order chi connectivity index (χ0) is 21.9. The summed E-state index contributed by atoms with van der Waals surface area (Å²) < 4.78 is 7.37. The minimum Gasteiger partial charge on any atom is -0.455 e. The predicted octanol–water partition coefficient (Wildman–Crippen LogP) is 5.47. The molecule has 156 valence electrons. The first kappa shape index (κ1) is 19.7. The number of benzene rings is 3. The number of rotatable bonds is 5. The van der Waals surface area contributed by atoms with Crippen LogP contribution in [0.25, 0.3) is 16.2 Å². The van der Waals surface area contributed by atoms with Gasteiger partial charge in [-0.3, -0.25) is 14.0 Å². The summed E-state index contributed by atoms with van der Waals surface area (Å²) >= 11 is 1.35. The van der Waals surface area contributed by atoms with Gasteiger partial charge in [-0.1, -0.05) is 60.7 Å². The lowest BCUT2D eigenvalue weighted by Gasteiger charge is -2.12. The molecule has 0 fully saturated rings. The van der Waals surface area contributed by atoms with E-state index in [2.05, 4.69) is 10.3 Å². The predicted molar refractivity (Wildman–Crippen MR) is 126 cm³/mol. The molecule has 0 spiro atoms. The lowest BCUT2D eigenvalue weighted by Crippen LogP contribution is -2.26. The van der Waals surface area contributed by atoms with Crippen LogP contribution in [-0.2, 0) is 0 Å². The molecule has 7 heteroatoms. The normalized spacial score (nSPS) is 10.8. The topological polar surface area (TPSA) is 72.7 Å². The highest BCUT2D eigenvalue weighted by atomic mass is 32.1. The Morgan fingerprint density at radius 1 is 0.906 bits per heavy atom. The fraction of sp³-hybridized carbons (Fsp3) is 0. The standard InChI is InChI=1S/C25H17N3O3S/c29-23(27-20-13-7-8-14-22(20)31-18-11-5-2-6-12-18)19-15-26-25-28(24(19)30)21(16-32-25)17-9-3-1-4-10-17/h1-16H,(H,27,29). The maximum absolute atomic E-state index is 13.2. The molecule has 6 nitrogen and oxygen atoms in total. The Morgan fingerprint density at radius 3 is 2.38 bits per heavy atom. The van der Waals surface area contributed by atoms with Gasteiger partial charge in [0.25, 0.3) is 11.5 Å². The van der Waals surface area contributed by atoms with Crippen LogP contribution >= 0.6 is 11.3 Å². The molecule has 2 heterocycles. The van der Waals surface area contributed by atoms with Crippen LogP contribution in [0.2, 0.25) is 0 Å². The summed E-state index contributed by atoms with van der Waals surface area (Å²) in [7, 11) is 0. The maximum Gasteiger partial charge on any atom is 0.271 e. The van der Waals surface area contributed by atoms with E-state index < -0.39 is 11.5 Å². The highest BCUT2D eigenvalue weighted by molar-refractivity contribution is 7.15. The number of anilines is 1. The summed E-state index contributed by atoms with van der Waals surface area (Å²) in [5.41, 5.74) is 1.56. The number of nitrogens with zero attached hydrogens (tertiary/aromatic N) is 2. The molecule has 32 heavy (non-hydrogen) atoms. The first-order valence-electron chi connectivity index (χ1n) is 9.89. The number of fused-ring (bicyclic) bond motifs is 1. The first-order chi connectivity index (χ1) is 15.7. The summed E-state index contributed by atoms with van der Waals surface area (Å²) in [6, 6.07) is 25.9. The van der Waals surface area contributed by atoms with E-state index in [9.17, 15) is 9.59 Å². The quantitative estimate of drug-likeness (QED) is 0.394. The fourth-order valence-corrected chi connectivity index (χ4v) is 4.18. The fourth-order valence-electron chi connectivity index (χ4n) is 3.32. The monoisotopic (exact) mass is 439 g/mol. The second-order valence-corrected chi connectivity index (χ2v) is 7.78. The zero-order valence-corrected chi connectivity index (χ0v) is 17.6. The van der Waals surface area contributed by atoms with Gasteiger partial charge in [0.15, 0.2) is 10.7 Å². The molecule has 2 aromatic heterocycles. The van der Waals surface area contributed by atoms with Crippen LogP contribution in [-0.4, -0.2) is 15.3 Å². The molecule has 0 atom stereocenters. The molecule has 0 unspecified atom stereocenters. The molecule has 3 aromatic carbocycles. The van der Waals surface area contributed by atoms with Gasteiger partial charge in [0.1, 0.15) is 11.3 Å². The summed E-state index contributed by atoms with van der Waals surface area (Å²) in [6.45, 7) is 0. The van der Waals surface area contributed by atoms with Gasteiger partial charge in [0.2, 0.25) is 0 Å². The molecular formula is C25H17N3O3S. The number of para-hydroxylation sites is 3. The van der Waals surface area contributed by atoms with Crippen LogP contribution in [0.4, 0.5) is 5.69 Å². The third-order valence-electron chi connectivity index (χ3n) is 4.87. The number of carbonyl (C=O) groups excluding carboxylic acids is 1. The van der Waals surface area contributed by atoms with E-state index in [1.165, 1.54) is 21.9 Å². The Morgan fingerprint density at radius 2 is 1.59 bits per heavy atom. The molecule has 1 N–H and O–H groups in total. The third kappa shape index (κ3) is 3.77. The van der Waals surface area contributed by atoms with Crippen molar-refractivity contribution < 1.29 is 9.53 Å². The average molecular weight is 439 g/mol. The van der Waals surface area contributed by atoms with E-state index >= 15 is 0 Å². The van der Waals surface area contributed by atoms with Gasteiger partial charge in [-0.05, 0) is 29.8 Å². The lowest BCUT2D eigenvalue weighted by molar-refractivity contribution is 0.102. The Kier molecular flexibility index (Phi) is 5.23. The second-order valence-electron chi connectivity index (χ2n) is 6.95. The van der Waals surface area contributed by atoms with Gasteiger partial charge in [0.05, 0.1) is 11.4 Å². The van der Waals surface area contributed by atoms with Crippen molar-refractivity contribution in [2.24, 2.45) is 0 Å². The van der Waals surface area contributed by atoms with Crippen LogP contribution in [0.5, 0.6) is 11.5 Å². The van der Waals surface area contributed by atoms with Crippen molar-refractivity contribution >= 4 is 27.9 Å². The van der Waals surface area contributed by atoms with E-state index in [1.54, 1.807) is 18.2 Å². The van der Waals surface area contributed by atoms with Gasteiger partial charge in [0, 0.05) is 11.6 Å². The van der Waals surface area contributed by atoms with Crippen molar-refractivity contribution in [3.05, 3.63) is 112 Å². The molecule has 5 aromatic rings. The van der Waals surface area contributed by atoms with Crippen molar-refractivity contribution in [1.29, 1.82) is 0 Å². The third-order valence-corrected chi connectivity index (χ3v) is 5.71. The molecular weight excluding hydrogens is 422 g/mol. The molecule has 0 aliphatic rings. The van der Waals surface area contributed by atoms with E-state index in [1.807, 2.05) is 72.1 Å². The maximum atomic E-state index is 13.2. The average Bonchev–Trinajstić information content (AvgIpc) is 3.27.